The molecule has 0 bridgehead atoms. The third-order valence-corrected chi connectivity index (χ3v) is 4.99. The molecule has 1 spiro atoms. The number of carbonyl (C=O) groups is 1. The zero-order valence-corrected chi connectivity index (χ0v) is 12.4. The Hall–Kier alpha value is -1.15. The number of Topliss-reactive ketones (excluding diaryl/α,β-unsaturated/α-hetero) is 1. The summed E-state index contributed by atoms with van der Waals surface area (Å²) < 4.78 is 5.91. The summed E-state index contributed by atoms with van der Waals surface area (Å²) in [5.74, 6) is 0.689. The molecule has 1 saturated heterocycles. The minimum Gasteiger partial charge on any atom is -0.375 e. The van der Waals surface area contributed by atoms with Crippen LogP contribution in [0.2, 0.25) is 0 Å². The van der Waals surface area contributed by atoms with E-state index in [1.807, 2.05) is 0 Å². The lowest BCUT2D eigenvalue weighted by Gasteiger charge is -2.46. The predicted octanol–water partition coefficient (Wildman–Crippen LogP) is 3.85. The van der Waals surface area contributed by atoms with E-state index in [0.29, 0.717) is 12.2 Å². The van der Waals surface area contributed by atoms with Crippen LogP contribution in [0.5, 0.6) is 0 Å². The van der Waals surface area contributed by atoms with Crippen molar-refractivity contribution in [2.75, 3.05) is 6.61 Å². The number of carbonyl (C=O) groups excluding carboxylic acids is 1. The molecule has 20 heavy (non-hydrogen) atoms. The molecule has 1 atom stereocenters. The van der Waals surface area contributed by atoms with Crippen molar-refractivity contribution in [3.05, 3.63) is 35.4 Å². The lowest BCUT2D eigenvalue weighted by atomic mass is 9.71. The smallest absolute Gasteiger partial charge is 0.136 e. The van der Waals surface area contributed by atoms with Gasteiger partial charge in [0, 0.05) is 18.9 Å². The van der Waals surface area contributed by atoms with Gasteiger partial charge in [-0.2, -0.15) is 0 Å². The average Bonchev–Trinajstić information content (AvgIpc) is 2.45. The minimum absolute atomic E-state index is 0.0857. The van der Waals surface area contributed by atoms with Crippen molar-refractivity contribution in [3.63, 3.8) is 0 Å². The van der Waals surface area contributed by atoms with E-state index in [4.69, 9.17) is 4.74 Å². The highest BCUT2D eigenvalue weighted by Gasteiger charge is 2.43. The Bertz CT molecular complexity index is 471. The van der Waals surface area contributed by atoms with Crippen LogP contribution < -0.4 is 0 Å². The second kappa shape index (κ2) is 5.69. The zero-order chi connectivity index (χ0) is 14.0. The zero-order valence-electron chi connectivity index (χ0n) is 12.4. The number of hydrogen-bond acceptors (Lipinski definition) is 2. The SMILES string of the molecule is Cc1ccc(CCC(=O)C2CCOC3(CCC3)C2)cc1. The van der Waals surface area contributed by atoms with Crippen LogP contribution in [-0.2, 0) is 16.0 Å². The van der Waals surface area contributed by atoms with E-state index in [-0.39, 0.29) is 11.5 Å². The highest BCUT2D eigenvalue weighted by molar-refractivity contribution is 5.81. The topological polar surface area (TPSA) is 26.3 Å². The molecule has 1 heterocycles. The first-order valence-corrected chi connectivity index (χ1v) is 7.89. The van der Waals surface area contributed by atoms with Crippen LogP contribution in [0.1, 0.15) is 49.7 Å². The summed E-state index contributed by atoms with van der Waals surface area (Å²) >= 11 is 0. The van der Waals surface area contributed by atoms with Gasteiger partial charge in [0.15, 0.2) is 0 Å². The standard InChI is InChI=1S/C18H24O2/c1-14-3-5-15(6-4-14)7-8-17(19)16-9-12-20-18(13-16)10-2-11-18/h3-6,16H,2,7-13H2,1H3. The molecule has 2 fully saturated rings. The van der Waals surface area contributed by atoms with Crippen molar-refractivity contribution in [2.24, 2.45) is 5.92 Å². The van der Waals surface area contributed by atoms with E-state index in [1.165, 1.54) is 17.5 Å². The molecular weight excluding hydrogens is 248 g/mol. The fourth-order valence-corrected chi connectivity index (χ4v) is 3.45. The number of ether oxygens (including phenoxy) is 1. The van der Waals surface area contributed by atoms with E-state index in [1.54, 1.807) is 0 Å². The largest absolute Gasteiger partial charge is 0.375 e. The van der Waals surface area contributed by atoms with E-state index >= 15 is 0 Å². The average molecular weight is 272 g/mol. The van der Waals surface area contributed by atoms with Crippen molar-refractivity contribution in [3.8, 4) is 0 Å². The molecule has 1 aliphatic carbocycles. The van der Waals surface area contributed by atoms with Gasteiger partial charge in [-0.25, -0.2) is 0 Å². The van der Waals surface area contributed by atoms with E-state index in [2.05, 4.69) is 31.2 Å². The Balaban J connectivity index is 1.52. The summed E-state index contributed by atoms with van der Waals surface area (Å²) in [7, 11) is 0. The van der Waals surface area contributed by atoms with Crippen LogP contribution in [0.25, 0.3) is 0 Å². The van der Waals surface area contributed by atoms with Gasteiger partial charge in [-0.3, -0.25) is 4.79 Å². The molecular formula is C18H24O2. The van der Waals surface area contributed by atoms with Crippen molar-refractivity contribution >= 4 is 5.78 Å². The molecule has 2 nitrogen and oxygen atoms in total. The van der Waals surface area contributed by atoms with Gasteiger partial charge in [0.05, 0.1) is 5.60 Å². The fraction of sp³-hybridized carbons (Fsp3) is 0.611. The van der Waals surface area contributed by atoms with Crippen LogP contribution in [0, 0.1) is 12.8 Å². The van der Waals surface area contributed by atoms with Crippen LogP contribution >= 0.6 is 0 Å². The molecule has 1 saturated carbocycles. The summed E-state index contributed by atoms with van der Waals surface area (Å²) in [5.41, 5.74) is 2.63. The normalized spacial score (nSPS) is 24.4. The van der Waals surface area contributed by atoms with Gasteiger partial charge < -0.3 is 4.74 Å². The molecule has 0 radical (unpaired) electrons. The van der Waals surface area contributed by atoms with Crippen LogP contribution in [-0.4, -0.2) is 18.0 Å². The van der Waals surface area contributed by atoms with E-state index < -0.39 is 0 Å². The Kier molecular flexibility index (Phi) is 3.93. The third-order valence-electron chi connectivity index (χ3n) is 4.99. The van der Waals surface area contributed by atoms with Crippen LogP contribution in [0.3, 0.4) is 0 Å². The van der Waals surface area contributed by atoms with Gasteiger partial charge in [-0.05, 0) is 51.0 Å². The molecule has 108 valence electrons. The molecule has 1 aromatic rings. The van der Waals surface area contributed by atoms with Gasteiger partial charge in [0.25, 0.3) is 0 Å². The van der Waals surface area contributed by atoms with Crippen molar-refractivity contribution in [1.82, 2.24) is 0 Å². The summed E-state index contributed by atoms with van der Waals surface area (Å²) in [6.07, 6.45) is 7.05. The van der Waals surface area contributed by atoms with Gasteiger partial charge in [0.1, 0.15) is 5.78 Å². The molecule has 2 aliphatic rings. The highest BCUT2D eigenvalue weighted by atomic mass is 16.5. The molecule has 0 N–H and O–H groups in total. The molecule has 0 aromatic heterocycles. The van der Waals surface area contributed by atoms with E-state index in [9.17, 15) is 4.79 Å². The predicted molar refractivity (Wildman–Crippen MR) is 79.8 cm³/mol. The van der Waals surface area contributed by atoms with Crippen molar-refractivity contribution in [2.45, 2.75) is 57.5 Å². The molecule has 1 unspecified atom stereocenters. The lowest BCUT2D eigenvalue weighted by Crippen LogP contribution is -2.47. The maximum atomic E-state index is 12.4. The second-order valence-electron chi connectivity index (χ2n) is 6.53. The molecule has 3 rings (SSSR count). The first-order chi connectivity index (χ1) is 9.67. The lowest BCUT2D eigenvalue weighted by molar-refractivity contribution is -0.155. The van der Waals surface area contributed by atoms with Gasteiger partial charge in [0.2, 0.25) is 0 Å². The monoisotopic (exact) mass is 272 g/mol. The summed E-state index contributed by atoms with van der Waals surface area (Å²) in [6, 6.07) is 8.52. The summed E-state index contributed by atoms with van der Waals surface area (Å²) in [4.78, 5) is 12.4. The number of ketones is 1. The fourth-order valence-electron chi connectivity index (χ4n) is 3.45. The Morgan fingerprint density at radius 1 is 1.30 bits per heavy atom. The highest BCUT2D eigenvalue weighted by Crippen LogP contribution is 2.44. The van der Waals surface area contributed by atoms with Crippen molar-refractivity contribution < 1.29 is 9.53 Å². The number of hydrogen-bond donors (Lipinski definition) is 0. The molecule has 2 heteroatoms. The molecule has 1 aliphatic heterocycles. The summed E-state index contributed by atoms with van der Waals surface area (Å²) in [5, 5.41) is 0. The Morgan fingerprint density at radius 3 is 2.70 bits per heavy atom. The first kappa shape index (κ1) is 13.8. The van der Waals surface area contributed by atoms with Crippen molar-refractivity contribution in [1.29, 1.82) is 0 Å². The maximum Gasteiger partial charge on any atom is 0.136 e. The first-order valence-electron chi connectivity index (χ1n) is 7.89. The maximum absolute atomic E-state index is 12.4. The van der Waals surface area contributed by atoms with Gasteiger partial charge in [-0.15, -0.1) is 0 Å². The van der Waals surface area contributed by atoms with E-state index in [0.717, 1.165) is 38.7 Å². The Morgan fingerprint density at radius 2 is 2.05 bits per heavy atom. The van der Waals surface area contributed by atoms with Gasteiger partial charge in [-0.1, -0.05) is 29.8 Å². The third kappa shape index (κ3) is 2.95. The number of rotatable bonds is 4. The van der Waals surface area contributed by atoms with Gasteiger partial charge >= 0.3 is 0 Å². The molecule has 0 amide bonds. The van der Waals surface area contributed by atoms with Crippen LogP contribution in [0.4, 0.5) is 0 Å². The molecule has 1 aromatic carbocycles. The quantitative estimate of drug-likeness (QED) is 0.832. The number of benzene rings is 1. The number of aryl methyl sites for hydroxylation is 2. The van der Waals surface area contributed by atoms with Crippen LogP contribution in [0.15, 0.2) is 24.3 Å². The Labute approximate surface area is 121 Å². The second-order valence-corrected chi connectivity index (χ2v) is 6.53. The minimum atomic E-state index is 0.0857. The summed E-state index contributed by atoms with van der Waals surface area (Å²) in [6.45, 7) is 2.87.